The van der Waals surface area contributed by atoms with Gasteiger partial charge in [-0.2, -0.15) is 0 Å². The molecule has 0 amide bonds. The van der Waals surface area contributed by atoms with Crippen LogP contribution in [0.1, 0.15) is 13.8 Å². The van der Waals surface area contributed by atoms with Crippen molar-refractivity contribution in [2.75, 3.05) is 7.05 Å². The first-order chi connectivity index (χ1) is 5.09. The number of nitrogens with zero attached hydrogens (tertiary/aromatic N) is 1. The van der Waals surface area contributed by atoms with Gasteiger partial charge in [-0.25, -0.2) is 0 Å². The molecule has 0 spiro atoms. The molecule has 0 aliphatic heterocycles. The first-order valence-electron chi connectivity index (χ1n) is 3.51. The Bertz CT molecular complexity index is 192. The van der Waals surface area contributed by atoms with E-state index in [1.54, 1.807) is 7.05 Å². The fourth-order valence-electron chi connectivity index (χ4n) is 0.570. The van der Waals surface area contributed by atoms with Gasteiger partial charge in [0.25, 0.3) is 0 Å². The third-order valence-electron chi connectivity index (χ3n) is 1.21. The minimum atomic E-state index is -0.0449. The Morgan fingerprint density at radius 1 is 1.55 bits per heavy atom. The summed E-state index contributed by atoms with van der Waals surface area (Å²) in [4.78, 5) is 14.8. The van der Waals surface area contributed by atoms with Crippen molar-refractivity contribution in [3.63, 3.8) is 0 Å². The van der Waals surface area contributed by atoms with Crippen LogP contribution in [0.15, 0.2) is 16.8 Å². The molecule has 11 heavy (non-hydrogen) atoms. The fourth-order valence-corrected chi connectivity index (χ4v) is 0.570. The van der Waals surface area contributed by atoms with Gasteiger partial charge in [0.1, 0.15) is 0 Å². The van der Waals surface area contributed by atoms with E-state index >= 15 is 0 Å². The molecule has 0 bridgehead atoms. The van der Waals surface area contributed by atoms with Crippen molar-refractivity contribution in [2.24, 2.45) is 16.6 Å². The molecule has 0 radical (unpaired) electrons. The molecule has 2 N–H and O–H groups in total. The molecule has 0 unspecified atom stereocenters. The zero-order chi connectivity index (χ0) is 8.85. The Morgan fingerprint density at radius 2 is 2.09 bits per heavy atom. The fraction of sp³-hybridized carbons (Fsp3) is 0.500. The van der Waals surface area contributed by atoms with Crippen molar-refractivity contribution in [1.82, 2.24) is 0 Å². The summed E-state index contributed by atoms with van der Waals surface area (Å²) >= 11 is 0. The molecule has 0 fully saturated rings. The summed E-state index contributed by atoms with van der Waals surface area (Å²) in [6.45, 7) is 3.62. The van der Waals surface area contributed by atoms with E-state index in [1.807, 2.05) is 13.8 Å². The third kappa shape index (κ3) is 3.55. The van der Waals surface area contributed by atoms with Gasteiger partial charge in [0.2, 0.25) is 0 Å². The van der Waals surface area contributed by atoms with Gasteiger partial charge in [0, 0.05) is 19.2 Å². The topological polar surface area (TPSA) is 55.4 Å². The zero-order valence-corrected chi connectivity index (χ0v) is 7.16. The van der Waals surface area contributed by atoms with Crippen LogP contribution in [-0.2, 0) is 4.79 Å². The number of hydrogen-bond acceptors (Lipinski definition) is 3. The van der Waals surface area contributed by atoms with E-state index in [0.29, 0.717) is 0 Å². The summed E-state index contributed by atoms with van der Waals surface area (Å²) in [7, 11) is 1.63. The van der Waals surface area contributed by atoms with Crippen molar-refractivity contribution in [2.45, 2.75) is 13.8 Å². The molecule has 0 heterocycles. The second-order valence-electron chi connectivity index (χ2n) is 2.55. The highest BCUT2D eigenvalue weighted by Crippen LogP contribution is 1.99. The van der Waals surface area contributed by atoms with Gasteiger partial charge in [-0.05, 0) is 6.08 Å². The molecular formula is C8H14N2O. The molecule has 0 atom stereocenters. The number of Topliss-reactive ketones (excluding diaryl/α,β-unsaturated/α-hetero) is 1. The van der Waals surface area contributed by atoms with Gasteiger partial charge in [0.15, 0.2) is 5.78 Å². The number of carbonyl (C=O) groups is 1. The monoisotopic (exact) mass is 154 g/mol. The average molecular weight is 154 g/mol. The second kappa shape index (κ2) is 4.66. The first kappa shape index (κ1) is 9.88. The number of ketones is 1. The van der Waals surface area contributed by atoms with Crippen molar-refractivity contribution >= 4 is 12.0 Å². The Labute approximate surface area is 67.0 Å². The minimum absolute atomic E-state index is 0.0371. The van der Waals surface area contributed by atoms with Gasteiger partial charge in [-0.3, -0.25) is 9.79 Å². The summed E-state index contributed by atoms with van der Waals surface area (Å²) in [6.07, 6.45) is 3.03. The molecule has 3 nitrogen and oxygen atoms in total. The summed E-state index contributed by atoms with van der Waals surface area (Å²) < 4.78 is 0. The number of allylic oxidation sites excluding steroid dienone is 2. The van der Waals surface area contributed by atoms with E-state index in [4.69, 9.17) is 5.73 Å². The largest absolute Gasteiger partial charge is 0.396 e. The maximum atomic E-state index is 11.1. The van der Waals surface area contributed by atoms with Gasteiger partial charge >= 0.3 is 0 Å². The predicted molar refractivity (Wildman–Crippen MR) is 46.5 cm³/mol. The van der Waals surface area contributed by atoms with Crippen LogP contribution in [-0.4, -0.2) is 19.0 Å². The Hall–Kier alpha value is -1.12. The summed E-state index contributed by atoms with van der Waals surface area (Å²) in [5.74, 6) is -0.0820. The van der Waals surface area contributed by atoms with E-state index in [1.165, 1.54) is 12.3 Å². The number of rotatable bonds is 3. The average Bonchev–Trinajstić information content (AvgIpc) is 1.98. The Kier molecular flexibility index (Phi) is 4.18. The van der Waals surface area contributed by atoms with Gasteiger partial charge < -0.3 is 5.73 Å². The van der Waals surface area contributed by atoms with E-state index in [-0.39, 0.29) is 17.4 Å². The van der Waals surface area contributed by atoms with Crippen LogP contribution in [0.25, 0.3) is 0 Å². The molecule has 0 aliphatic rings. The highest BCUT2D eigenvalue weighted by molar-refractivity contribution is 5.99. The maximum absolute atomic E-state index is 11.1. The lowest BCUT2D eigenvalue weighted by Crippen LogP contribution is -2.16. The summed E-state index contributed by atoms with van der Waals surface area (Å²) in [5.41, 5.74) is 5.69. The third-order valence-corrected chi connectivity index (χ3v) is 1.21. The molecule has 0 aromatic heterocycles. The molecule has 0 rings (SSSR count). The maximum Gasteiger partial charge on any atom is 0.181 e. The lowest BCUT2D eigenvalue weighted by atomic mass is 10.1. The molecule has 0 aromatic carbocycles. The molecule has 0 aromatic rings. The van der Waals surface area contributed by atoms with Crippen LogP contribution in [0.5, 0.6) is 0 Å². The van der Waals surface area contributed by atoms with Crippen molar-refractivity contribution in [1.29, 1.82) is 0 Å². The van der Waals surface area contributed by atoms with Crippen molar-refractivity contribution < 1.29 is 4.79 Å². The summed E-state index contributed by atoms with van der Waals surface area (Å²) in [6, 6.07) is 0. The lowest BCUT2D eigenvalue weighted by Gasteiger charge is -2.01. The second-order valence-corrected chi connectivity index (χ2v) is 2.55. The van der Waals surface area contributed by atoms with Gasteiger partial charge in [0.05, 0.1) is 5.70 Å². The molecular weight excluding hydrogens is 140 g/mol. The van der Waals surface area contributed by atoms with Gasteiger partial charge in [-0.1, -0.05) is 13.8 Å². The first-order valence-corrected chi connectivity index (χ1v) is 3.51. The number of carbonyl (C=O) groups excluding carboxylic acids is 1. The lowest BCUT2D eigenvalue weighted by molar-refractivity contribution is -0.118. The summed E-state index contributed by atoms with van der Waals surface area (Å²) in [5, 5.41) is 0. The van der Waals surface area contributed by atoms with E-state index in [9.17, 15) is 4.79 Å². The molecule has 62 valence electrons. The highest BCUT2D eigenvalue weighted by atomic mass is 16.1. The molecule has 0 aliphatic carbocycles. The van der Waals surface area contributed by atoms with E-state index in [0.717, 1.165) is 0 Å². The van der Waals surface area contributed by atoms with Gasteiger partial charge in [-0.15, -0.1) is 0 Å². The normalized spacial score (nSPS) is 12.9. The highest BCUT2D eigenvalue weighted by Gasteiger charge is 2.08. The zero-order valence-electron chi connectivity index (χ0n) is 7.16. The standard InChI is InChI=1S/C8H14N2O/c1-6(2)8(11)7(9)4-5-10-3/h4-6H,9H2,1-3H3. The smallest absolute Gasteiger partial charge is 0.181 e. The van der Waals surface area contributed by atoms with Crippen LogP contribution in [0.3, 0.4) is 0 Å². The van der Waals surface area contributed by atoms with Crippen LogP contribution < -0.4 is 5.73 Å². The molecule has 0 saturated carbocycles. The van der Waals surface area contributed by atoms with Crippen LogP contribution in [0, 0.1) is 5.92 Å². The van der Waals surface area contributed by atoms with Crippen LogP contribution in [0.4, 0.5) is 0 Å². The molecule has 3 heteroatoms. The Morgan fingerprint density at radius 3 is 2.45 bits per heavy atom. The van der Waals surface area contributed by atoms with Crippen molar-refractivity contribution in [3.8, 4) is 0 Å². The number of aliphatic imine (C=N–C) groups is 1. The molecule has 0 saturated heterocycles. The van der Waals surface area contributed by atoms with Crippen LogP contribution in [0.2, 0.25) is 0 Å². The predicted octanol–water partition coefficient (Wildman–Crippen LogP) is 0.755. The number of hydrogen-bond donors (Lipinski definition) is 1. The van der Waals surface area contributed by atoms with E-state index < -0.39 is 0 Å². The SMILES string of the molecule is CN=CC=C(N)C(=O)C(C)C. The van der Waals surface area contributed by atoms with Crippen LogP contribution >= 0.6 is 0 Å². The Balaban J connectivity index is 4.24. The number of nitrogens with two attached hydrogens (primary N) is 1. The quantitative estimate of drug-likeness (QED) is 0.482. The van der Waals surface area contributed by atoms with E-state index in [2.05, 4.69) is 4.99 Å². The van der Waals surface area contributed by atoms with Crippen molar-refractivity contribution in [3.05, 3.63) is 11.8 Å². The minimum Gasteiger partial charge on any atom is -0.396 e.